The summed E-state index contributed by atoms with van der Waals surface area (Å²) in [6.45, 7) is 1.61. The molecule has 0 aromatic carbocycles. The summed E-state index contributed by atoms with van der Waals surface area (Å²) in [5.74, 6) is 0. The van der Waals surface area contributed by atoms with Gasteiger partial charge in [-0.2, -0.15) is 5.10 Å². The molecule has 0 bridgehead atoms. The van der Waals surface area contributed by atoms with Crippen LogP contribution in [0.5, 0.6) is 0 Å². The summed E-state index contributed by atoms with van der Waals surface area (Å²) in [4.78, 5) is 0. The van der Waals surface area contributed by atoms with Gasteiger partial charge in [-0.25, -0.2) is 13.6 Å². The van der Waals surface area contributed by atoms with Crippen molar-refractivity contribution in [1.82, 2.24) is 10.2 Å². The van der Waals surface area contributed by atoms with Gasteiger partial charge in [-0.3, -0.25) is 0 Å². The van der Waals surface area contributed by atoms with E-state index in [1.54, 1.807) is 6.92 Å². The molecule has 2 N–H and O–H groups in total. The molecule has 0 aliphatic heterocycles. The van der Waals surface area contributed by atoms with Crippen molar-refractivity contribution in [2.75, 3.05) is 0 Å². The average molecular weight is 173 g/mol. The summed E-state index contributed by atoms with van der Waals surface area (Å²) < 4.78 is 21.5. The Labute approximate surface area is 64.3 Å². The molecule has 1 aromatic rings. The fraction of sp³-hybridized carbons (Fsp3) is 0.200. The Kier molecular flexibility index (Phi) is 1.88. The minimum absolute atomic E-state index is 0.167. The number of sulfonamides is 1. The van der Waals surface area contributed by atoms with Crippen LogP contribution in [-0.2, 0) is 10.0 Å². The predicted molar refractivity (Wildman–Crippen MR) is 38.1 cm³/mol. The van der Waals surface area contributed by atoms with Gasteiger partial charge in [0.1, 0.15) is 0 Å². The van der Waals surface area contributed by atoms with E-state index >= 15 is 0 Å². The Morgan fingerprint density at radius 1 is 1.55 bits per heavy atom. The van der Waals surface area contributed by atoms with Gasteiger partial charge < -0.3 is 0 Å². The fourth-order valence-electron chi connectivity index (χ4n) is 0.662. The minimum atomic E-state index is -3.71. The molecular formula is C5H7N3O2S. The molecule has 0 spiro atoms. The summed E-state index contributed by atoms with van der Waals surface area (Å²) >= 11 is 0. The van der Waals surface area contributed by atoms with Gasteiger partial charge in [0.2, 0.25) is 0 Å². The zero-order chi connectivity index (χ0) is 8.48. The van der Waals surface area contributed by atoms with Crippen molar-refractivity contribution in [2.24, 2.45) is 5.14 Å². The lowest BCUT2D eigenvalue weighted by molar-refractivity contribution is 0.590. The van der Waals surface area contributed by atoms with Gasteiger partial charge in [0, 0.05) is 6.20 Å². The molecule has 0 fully saturated rings. The molecule has 0 saturated carbocycles. The normalized spacial score (nSPS) is 11.5. The second-order valence-corrected chi connectivity index (χ2v) is 3.54. The van der Waals surface area contributed by atoms with E-state index < -0.39 is 10.0 Å². The van der Waals surface area contributed by atoms with Gasteiger partial charge in [0.15, 0.2) is 5.03 Å². The number of hydrogen-bond donors (Lipinski definition) is 1. The van der Waals surface area contributed by atoms with E-state index in [0.29, 0.717) is 5.56 Å². The van der Waals surface area contributed by atoms with Crippen LogP contribution in [0.1, 0.15) is 5.56 Å². The Balaban J connectivity index is 3.37. The van der Waals surface area contributed by atoms with Gasteiger partial charge in [0.25, 0.3) is 10.0 Å². The molecule has 60 valence electrons. The summed E-state index contributed by atoms with van der Waals surface area (Å²) in [7, 11) is -3.71. The van der Waals surface area contributed by atoms with E-state index in [2.05, 4.69) is 10.2 Å². The van der Waals surface area contributed by atoms with Crippen LogP contribution in [0.4, 0.5) is 0 Å². The quantitative estimate of drug-likeness (QED) is 0.616. The van der Waals surface area contributed by atoms with Crippen LogP contribution in [0.15, 0.2) is 17.3 Å². The maximum absolute atomic E-state index is 10.7. The molecule has 0 aliphatic carbocycles. The molecule has 5 nitrogen and oxygen atoms in total. The number of aromatic nitrogens is 2. The van der Waals surface area contributed by atoms with Gasteiger partial charge in [-0.15, -0.1) is 5.10 Å². The topological polar surface area (TPSA) is 85.9 Å². The maximum Gasteiger partial charge on any atom is 0.257 e. The van der Waals surface area contributed by atoms with E-state index in [0.717, 1.165) is 0 Å². The van der Waals surface area contributed by atoms with Crippen molar-refractivity contribution < 1.29 is 8.42 Å². The first kappa shape index (κ1) is 8.09. The highest BCUT2D eigenvalue weighted by Crippen LogP contribution is 2.05. The number of hydrogen-bond acceptors (Lipinski definition) is 4. The molecule has 0 saturated heterocycles. The van der Waals surface area contributed by atoms with Crippen molar-refractivity contribution in [3.05, 3.63) is 17.8 Å². The summed E-state index contributed by atoms with van der Waals surface area (Å²) in [5, 5.41) is 11.5. The van der Waals surface area contributed by atoms with Crippen LogP contribution in [0, 0.1) is 6.92 Å². The lowest BCUT2D eigenvalue weighted by atomic mass is 10.4. The second kappa shape index (κ2) is 2.55. The molecule has 0 atom stereocenters. The number of nitrogens with zero attached hydrogens (tertiary/aromatic N) is 2. The highest BCUT2D eigenvalue weighted by atomic mass is 32.2. The van der Waals surface area contributed by atoms with Crippen LogP contribution in [-0.4, -0.2) is 18.6 Å². The Hall–Kier alpha value is -1.01. The second-order valence-electron chi connectivity index (χ2n) is 2.06. The first-order valence-electron chi connectivity index (χ1n) is 2.83. The van der Waals surface area contributed by atoms with E-state index in [1.807, 2.05) is 0 Å². The molecule has 0 unspecified atom stereocenters. The van der Waals surface area contributed by atoms with E-state index in [1.165, 1.54) is 12.3 Å². The number of aryl methyl sites for hydroxylation is 1. The minimum Gasteiger partial charge on any atom is -0.223 e. The third-order valence-corrected chi connectivity index (χ3v) is 2.09. The smallest absolute Gasteiger partial charge is 0.223 e. The molecule has 1 aromatic heterocycles. The fourth-order valence-corrected chi connectivity index (χ4v) is 1.34. The molecule has 1 heterocycles. The largest absolute Gasteiger partial charge is 0.257 e. The molecule has 0 aliphatic rings. The standard InChI is InChI=1S/C5H7N3O2S/c1-4-2-3-7-8-5(4)11(6,9)10/h2-3H,1H3,(H2,6,9,10). The van der Waals surface area contributed by atoms with Crippen molar-refractivity contribution in [1.29, 1.82) is 0 Å². The SMILES string of the molecule is Cc1ccnnc1S(N)(=O)=O. The number of rotatable bonds is 1. The summed E-state index contributed by atoms with van der Waals surface area (Å²) in [5.41, 5.74) is 0.502. The highest BCUT2D eigenvalue weighted by Gasteiger charge is 2.12. The monoisotopic (exact) mass is 173 g/mol. The maximum atomic E-state index is 10.7. The predicted octanol–water partition coefficient (Wildman–Crippen LogP) is -0.568. The lowest BCUT2D eigenvalue weighted by Crippen LogP contribution is -2.15. The zero-order valence-electron chi connectivity index (χ0n) is 5.85. The first-order chi connectivity index (χ1) is 5.02. The molecule has 0 amide bonds. The third kappa shape index (κ3) is 1.72. The molecule has 0 radical (unpaired) electrons. The number of nitrogens with two attached hydrogens (primary N) is 1. The average Bonchev–Trinajstić information content (AvgIpc) is 1.86. The number of primary sulfonamides is 1. The van der Waals surface area contributed by atoms with Crippen LogP contribution in [0.2, 0.25) is 0 Å². The summed E-state index contributed by atoms with van der Waals surface area (Å²) in [6.07, 6.45) is 1.41. The van der Waals surface area contributed by atoms with Crippen molar-refractivity contribution >= 4 is 10.0 Å². The Morgan fingerprint density at radius 3 is 2.55 bits per heavy atom. The molecule has 1 rings (SSSR count). The van der Waals surface area contributed by atoms with Gasteiger partial charge in [-0.05, 0) is 18.6 Å². The lowest BCUT2D eigenvalue weighted by Gasteiger charge is -1.97. The van der Waals surface area contributed by atoms with Crippen LogP contribution >= 0.6 is 0 Å². The van der Waals surface area contributed by atoms with Gasteiger partial charge in [-0.1, -0.05) is 0 Å². The van der Waals surface area contributed by atoms with Gasteiger partial charge >= 0.3 is 0 Å². The Morgan fingerprint density at radius 2 is 2.18 bits per heavy atom. The van der Waals surface area contributed by atoms with Crippen molar-refractivity contribution in [3.63, 3.8) is 0 Å². The third-order valence-electron chi connectivity index (χ3n) is 1.15. The van der Waals surface area contributed by atoms with Crippen LogP contribution in [0.25, 0.3) is 0 Å². The van der Waals surface area contributed by atoms with E-state index in [9.17, 15) is 8.42 Å². The van der Waals surface area contributed by atoms with Crippen LogP contribution in [0.3, 0.4) is 0 Å². The van der Waals surface area contributed by atoms with Crippen LogP contribution < -0.4 is 5.14 Å². The van der Waals surface area contributed by atoms with Gasteiger partial charge in [0.05, 0.1) is 0 Å². The van der Waals surface area contributed by atoms with Crippen molar-refractivity contribution in [2.45, 2.75) is 11.9 Å². The zero-order valence-corrected chi connectivity index (χ0v) is 6.67. The van der Waals surface area contributed by atoms with E-state index in [4.69, 9.17) is 5.14 Å². The highest BCUT2D eigenvalue weighted by molar-refractivity contribution is 7.89. The molecule has 11 heavy (non-hydrogen) atoms. The molecular weight excluding hydrogens is 166 g/mol. The van der Waals surface area contributed by atoms with Crippen molar-refractivity contribution in [3.8, 4) is 0 Å². The van der Waals surface area contributed by atoms with E-state index in [-0.39, 0.29) is 5.03 Å². The Bertz CT molecular complexity index is 360. The first-order valence-corrected chi connectivity index (χ1v) is 4.37. The molecule has 6 heteroatoms. The summed E-state index contributed by atoms with van der Waals surface area (Å²) in [6, 6.07) is 1.53.